The van der Waals surface area contributed by atoms with Crippen LogP contribution in [-0.4, -0.2) is 4.57 Å². The predicted octanol–water partition coefficient (Wildman–Crippen LogP) is 6.92. The minimum atomic E-state index is -0.377. The third kappa shape index (κ3) is 1.94. The second kappa shape index (κ2) is 6.25. The van der Waals surface area contributed by atoms with Crippen molar-refractivity contribution < 1.29 is 0 Å². The number of hydrogen-bond donors (Lipinski definition) is 1. The van der Waals surface area contributed by atoms with E-state index >= 15 is 0 Å². The first kappa shape index (κ1) is 18.3. The minimum absolute atomic E-state index is 0.377. The van der Waals surface area contributed by atoms with Gasteiger partial charge in [-0.3, -0.25) is 0 Å². The molecule has 160 valence electrons. The molecule has 2 heteroatoms. The van der Waals surface area contributed by atoms with Crippen molar-refractivity contribution in [2.45, 2.75) is 12.0 Å². The zero-order valence-corrected chi connectivity index (χ0v) is 18.6. The van der Waals surface area contributed by atoms with Crippen LogP contribution in [0.5, 0.6) is 0 Å². The maximum Gasteiger partial charge on any atom is 0.0754 e. The van der Waals surface area contributed by atoms with E-state index in [-0.39, 0.29) is 5.41 Å². The van der Waals surface area contributed by atoms with Crippen LogP contribution in [0.25, 0.3) is 38.6 Å². The molecule has 0 bridgehead atoms. The summed E-state index contributed by atoms with van der Waals surface area (Å²) in [5.41, 5.74) is 18.8. The molecule has 0 saturated carbocycles. The molecule has 1 aromatic heterocycles. The molecule has 1 spiro atoms. The molecule has 1 aliphatic heterocycles. The van der Waals surface area contributed by atoms with Crippen LogP contribution in [0.2, 0.25) is 0 Å². The Labute approximate surface area is 197 Å². The molecule has 0 radical (unpaired) electrons. The topological polar surface area (TPSA) is 30.9 Å². The number of fused-ring (bicyclic) bond motifs is 12. The smallest absolute Gasteiger partial charge is 0.0754 e. The third-order valence-electron chi connectivity index (χ3n) is 7.99. The van der Waals surface area contributed by atoms with Gasteiger partial charge in [-0.05, 0) is 51.1 Å². The monoisotopic (exact) mass is 434 g/mol. The third-order valence-corrected chi connectivity index (χ3v) is 7.99. The largest absolute Gasteiger partial charge is 0.326 e. The van der Waals surface area contributed by atoms with E-state index in [0.717, 1.165) is 5.56 Å². The SMILES string of the molecule is NCc1ccc2c(c1)C1(c3ccccc3-c3ccccc31)c1cccc3c4ccccc4n-2c13. The van der Waals surface area contributed by atoms with Crippen LogP contribution in [0.1, 0.15) is 27.8 Å². The molecule has 2 aliphatic rings. The zero-order chi connectivity index (χ0) is 22.4. The average molecular weight is 435 g/mol. The Hall–Kier alpha value is -4.14. The Bertz CT molecular complexity index is 1760. The molecule has 6 aromatic rings. The summed E-state index contributed by atoms with van der Waals surface area (Å²) in [5, 5.41) is 2.60. The van der Waals surface area contributed by atoms with E-state index in [4.69, 9.17) is 5.73 Å². The maximum atomic E-state index is 6.19. The first-order chi connectivity index (χ1) is 16.8. The fraction of sp³-hybridized carbons (Fsp3) is 0.0625. The van der Waals surface area contributed by atoms with Gasteiger partial charge in [-0.25, -0.2) is 0 Å². The molecule has 2 N–H and O–H groups in total. The van der Waals surface area contributed by atoms with Crippen molar-refractivity contribution in [1.82, 2.24) is 4.57 Å². The average Bonchev–Trinajstić information content (AvgIpc) is 3.39. The fourth-order valence-corrected chi connectivity index (χ4v) is 6.74. The van der Waals surface area contributed by atoms with Crippen molar-refractivity contribution in [2.24, 2.45) is 5.73 Å². The molecule has 8 rings (SSSR count). The van der Waals surface area contributed by atoms with Gasteiger partial charge >= 0.3 is 0 Å². The number of para-hydroxylation sites is 2. The first-order valence-electron chi connectivity index (χ1n) is 11.9. The van der Waals surface area contributed by atoms with Crippen molar-refractivity contribution in [2.75, 3.05) is 0 Å². The molecular formula is C32H22N2. The standard InChI is InChI=1S/C32H22N2/c33-19-20-16-17-30-28(18-20)32(25-12-4-1-8-21(25)22-9-2-5-13-26(22)32)27-14-7-11-24-23-10-3-6-15-29(23)34(30)31(24)27/h1-18H,19,33H2. The molecule has 0 fully saturated rings. The predicted molar refractivity (Wildman–Crippen MR) is 140 cm³/mol. The van der Waals surface area contributed by atoms with E-state index in [0.29, 0.717) is 6.54 Å². The van der Waals surface area contributed by atoms with Gasteiger partial charge in [0.2, 0.25) is 0 Å². The highest BCUT2D eigenvalue weighted by Gasteiger charge is 2.50. The van der Waals surface area contributed by atoms with Crippen molar-refractivity contribution in [3.63, 3.8) is 0 Å². The summed E-state index contributed by atoms with van der Waals surface area (Å²) in [7, 11) is 0. The van der Waals surface area contributed by atoms with Gasteiger partial charge in [0.15, 0.2) is 0 Å². The van der Waals surface area contributed by atoms with Crippen molar-refractivity contribution in [3.8, 4) is 16.8 Å². The molecule has 0 unspecified atom stereocenters. The minimum Gasteiger partial charge on any atom is -0.326 e. The van der Waals surface area contributed by atoms with Gasteiger partial charge in [0.25, 0.3) is 0 Å². The van der Waals surface area contributed by atoms with Crippen LogP contribution >= 0.6 is 0 Å². The van der Waals surface area contributed by atoms with Crippen LogP contribution in [0.4, 0.5) is 0 Å². The Kier molecular flexibility index (Phi) is 3.37. The lowest BCUT2D eigenvalue weighted by molar-refractivity contribution is 0.745. The van der Waals surface area contributed by atoms with E-state index in [9.17, 15) is 0 Å². The number of rotatable bonds is 1. The van der Waals surface area contributed by atoms with Gasteiger partial charge in [-0.2, -0.15) is 0 Å². The number of hydrogen-bond acceptors (Lipinski definition) is 1. The van der Waals surface area contributed by atoms with Crippen molar-refractivity contribution in [3.05, 3.63) is 137 Å². The molecule has 0 amide bonds. The quantitative estimate of drug-likeness (QED) is 0.299. The number of aromatic nitrogens is 1. The second-order valence-corrected chi connectivity index (χ2v) is 9.45. The highest BCUT2D eigenvalue weighted by molar-refractivity contribution is 6.12. The molecule has 5 aromatic carbocycles. The highest BCUT2D eigenvalue weighted by Crippen LogP contribution is 2.60. The summed E-state index contributed by atoms with van der Waals surface area (Å²) in [6.07, 6.45) is 0. The fourth-order valence-electron chi connectivity index (χ4n) is 6.74. The van der Waals surface area contributed by atoms with Crippen LogP contribution in [0.15, 0.2) is 109 Å². The molecular weight excluding hydrogens is 412 g/mol. The summed E-state index contributed by atoms with van der Waals surface area (Å²) < 4.78 is 2.48. The van der Waals surface area contributed by atoms with Crippen molar-refractivity contribution >= 4 is 21.8 Å². The summed E-state index contributed by atoms with van der Waals surface area (Å²) in [4.78, 5) is 0. The van der Waals surface area contributed by atoms with E-state index in [1.807, 2.05) is 0 Å². The van der Waals surface area contributed by atoms with Gasteiger partial charge in [0.05, 0.1) is 22.1 Å². The number of nitrogens with zero attached hydrogens (tertiary/aromatic N) is 1. The molecule has 0 saturated heterocycles. The maximum absolute atomic E-state index is 6.19. The van der Waals surface area contributed by atoms with E-state index < -0.39 is 0 Å². The van der Waals surface area contributed by atoms with Gasteiger partial charge in [-0.15, -0.1) is 0 Å². The van der Waals surface area contributed by atoms with Gasteiger partial charge in [-0.1, -0.05) is 97.1 Å². The van der Waals surface area contributed by atoms with Crippen LogP contribution in [0, 0.1) is 0 Å². The molecule has 1 aliphatic carbocycles. The van der Waals surface area contributed by atoms with Crippen LogP contribution in [-0.2, 0) is 12.0 Å². The van der Waals surface area contributed by atoms with E-state index in [2.05, 4.69) is 114 Å². The first-order valence-corrected chi connectivity index (χ1v) is 11.9. The molecule has 2 heterocycles. The molecule has 0 atom stereocenters. The Balaban J connectivity index is 1.69. The van der Waals surface area contributed by atoms with Gasteiger partial charge < -0.3 is 10.3 Å². The van der Waals surface area contributed by atoms with Crippen LogP contribution in [0.3, 0.4) is 0 Å². The second-order valence-electron chi connectivity index (χ2n) is 9.45. The Morgan fingerprint density at radius 1 is 0.588 bits per heavy atom. The van der Waals surface area contributed by atoms with Crippen LogP contribution < -0.4 is 5.73 Å². The zero-order valence-electron chi connectivity index (χ0n) is 18.6. The highest BCUT2D eigenvalue weighted by atomic mass is 15.0. The van der Waals surface area contributed by atoms with Gasteiger partial charge in [0, 0.05) is 17.3 Å². The Morgan fingerprint density at radius 3 is 2.00 bits per heavy atom. The lowest BCUT2D eigenvalue weighted by atomic mass is 9.65. The molecule has 2 nitrogen and oxygen atoms in total. The van der Waals surface area contributed by atoms with Gasteiger partial charge in [0.1, 0.15) is 0 Å². The lowest BCUT2D eigenvalue weighted by Crippen LogP contribution is -2.33. The number of benzene rings is 5. The van der Waals surface area contributed by atoms with E-state index in [1.165, 1.54) is 60.9 Å². The normalized spacial score (nSPS) is 14.4. The Morgan fingerprint density at radius 2 is 1.24 bits per heavy atom. The summed E-state index contributed by atoms with van der Waals surface area (Å²) >= 11 is 0. The van der Waals surface area contributed by atoms with Crippen molar-refractivity contribution in [1.29, 1.82) is 0 Å². The summed E-state index contributed by atoms with van der Waals surface area (Å²) in [6.45, 7) is 0.524. The lowest BCUT2D eigenvalue weighted by Gasteiger charge is -2.39. The number of nitrogens with two attached hydrogens (primary N) is 1. The van der Waals surface area contributed by atoms with E-state index in [1.54, 1.807) is 0 Å². The summed E-state index contributed by atoms with van der Waals surface area (Å²) in [5.74, 6) is 0. The summed E-state index contributed by atoms with van der Waals surface area (Å²) in [6, 6.07) is 40.3. The molecule has 34 heavy (non-hydrogen) atoms.